The summed E-state index contributed by atoms with van der Waals surface area (Å²) in [5.41, 5.74) is 8.36. The lowest BCUT2D eigenvalue weighted by Crippen LogP contribution is -2.61. The second-order valence-corrected chi connectivity index (χ2v) is 6.13. The third-order valence-corrected chi connectivity index (χ3v) is 4.70. The second kappa shape index (κ2) is 6.13. The Morgan fingerprint density at radius 3 is 2.52 bits per heavy atom. The number of primary amides is 1. The van der Waals surface area contributed by atoms with Gasteiger partial charge in [0.15, 0.2) is 0 Å². The molecule has 0 bridgehead atoms. The van der Waals surface area contributed by atoms with Gasteiger partial charge < -0.3 is 11.1 Å². The number of hydrogen-bond donors (Lipinski definition) is 2. The summed E-state index contributed by atoms with van der Waals surface area (Å²) in [5.74, 6) is -0.354. The fraction of sp³-hybridized carbons (Fsp3) is 0.562. The first-order chi connectivity index (χ1) is 10.1. The molecular formula is C16H24N4O. The van der Waals surface area contributed by atoms with E-state index in [-0.39, 0.29) is 5.91 Å². The third-order valence-electron chi connectivity index (χ3n) is 4.70. The Bertz CT molecular complexity index is 519. The van der Waals surface area contributed by atoms with Crippen molar-refractivity contribution in [2.24, 2.45) is 5.73 Å². The van der Waals surface area contributed by atoms with E-state index in [2.05, 4.69) is 22.0 Å². The molecule has 2 aliphatic rings. The molecule has 0 saturated carbocycles. The molecule has 0 unspecified atom stereocenters. The van der Waals surface area contributed by atoms with E-state index in [0.717, 1.165) is 57.4 Å². The Kier molecular flexibility index (Phi) is 4.24. The average molecular weight is 288 g/mol. The number of aryl methyl sites for hydroxylation is 1. The van der Waals surface area contributed by atoms with Gasteiger partial charge in [0.2, 0.25) is 5.91 Å². The quantitative estimate of drug-likeness (QED) is 0.830. The Hall–Kier alpha value is -1.43. The van der Waals surface area contributed by atoms with Crippen LogP contribution in [-0.2, 0) is 6.54 Å². The number of rotatable bonds is 4. The molecule has 5 heteroatoms. The molecule has 2 saturated heterocycles. The van der Waals surface area contributed by atoms with E-state index in [1.807, 2.05) is 18.2 Å². The van der Waals surface area contributed by atoms with Crippen LogP contribution in [0.25, 0.3) is 0 Å². The summed E-state index contributed by atoms with van der Waals surface area (Å²) in [6.07, 6.45) is 0. The number of carbonyl (C=O) groups is 1. The van der Waals surface area contributed by atoms with E-state index in [4.69, 9.17) is 5.73 Å². The van der Waals surface area contributed by atoms with Crippen molar-refractivity contribution < 1.29 is 4.79 Å². The first kappa shape index (κ1) is 14.5. The maximum atomic E-state index is 11.2. The van der Waals surface area contributed by atoms with Crippen LogP contribution in [0.15, 0.2) is 18.2 Å². The Labute approximate surface area is 126 Å². The van der Waals surface area contributed by atoms with Crippen LogP contribution in [0.2, 0.25) is 0 Å². The van der Waals surface area contributed by atoms with Crippen molar-refractivity contribution in [1.29, 1.82) is 0 Å². The summed E-state index contributed by atoms with van der Waals surface area (Å²) in [7, 11) is 0. The number of nitrogens with two attached hydrogens (primary N) is 1. The average Bonchev–Trinajstić information content (AvgIpc) is 2.41. The topological polar surface area (TPSA) is 61.6 Å². The number of nitrogens with one attached hydrogen (secondary N) is 1. The predicted molar refractivity (Wildman–Crippen MR) is 83.2 cm³/mol. The molecule has 0 spiro atoms. The molecule has 5 nitrogen and oxygen atoms in total. The lowest BCUT2D eigenvalue weighted by atomic mass is 10.0. The Balaban J connectivity index is 1.56. The summed E-state index contributed by atoms with van der Waals surface area (Å²) in [4.78, 5) is 16.3. The first-order valence-corrected chi connectivity index (χ1v) is 7.70. The SMILES string of the molecule is Cc1cc(C(N)=O)ccc1CN1CCN(C2CNC2)CC1. The number of nitrogens with zero attached hydrogens (tertiary/aromatic N) is 2. The highest BCUT2D eigenvalue weighted by Gasteiger charge is 2.27. The molecule has 0 atom stereocenters. The predicted octanol–water partition coefficient (Wildman–Crippen LogP) is 0.183. The van der Waals surface area contributed by atoms with Crippen molar-refractivity contribution in [3.63, 3.8) is 0 Å². The highest BCUT2D eigenvalue weighted by Crippen LogP contribution is 2.16. The van der Waals surface area contributed by atoms with Gasteiger partial charge in [-0.05, 0) is 30.2 Å². The zero-order chi connectivity index (χ0) is 14.8. The molecule has 3 rings (SSSR count). The van der Waals surface area contributed by atoms with Gasteiger partial charge in [0.1, 0.15) is 0 Å². The fourth-order valence-electron chi connectivity index (χ4n) is 3.09. The van der Waals surface area contributed by atoms with Gasteiger partial charge in [0, 0.05) is 57.4 Å². The summed E-state index contributed by atoms with van der Waals surface area (Å²) in [6.45, 7) is 9.86. The van der Waals surface area contributed by atoms with Crippen LogP contribution in [0.1, 0.15) is 21.5 Å². The molecule has 2 heterocycles. The molecule has 2 fully saturated rings. The van der Waals surface area contributed by atoms with Gasteiger partial charge in [-0.25, -0.2) is 0 Å². The maximum Gasteiger partial charge on any atom is 0.248 e. The number of piperazine rings is 1. The normalized spacial score (nSPS) is 21.2. The highest BCUT2D eigenvalue weighted by atomic mass is 16.1. The van der Waals surface area contributed by atoms with Gasteiger partial charge in [-0.3, -0.25) is 14.6 Å². The minimum atomic E-state index is -0.354. The van der Waals surface area contributed by atoms with E-state index in [1.54, 1.807) is 0 Å². The lowest BCUT2D eigenvalue weighted by Gasteiger charge is -2.43. The largest absolute Gasteiger partial charge is 0.366 e. The number of hydrogen-bond acceptors (Lipinski definition) is 4. The smallest absolute Gasteiger partial charge is 0.248 e. The zero-order valence-electron chi connectivity index (χ0n) is 12.6. The van der Waals surface area contributed by atoms with Crippen LogP contribution >= 0.6 is 0 Å². The van der Waals surface area contributed by atoms with Crippen LogP contribution < -0.4 is 11.1 Å². The van der Waals surface area contributed by atoms with Crippen molar-refractivity contribution in [3.05, 3.63) is 34.9 Å². The number of amides is 1. The summed E-state index contributed by atoms with van der Waals surface area (Å²) in [6, 6.07) is 6.52. The molecule has 0 aliphatic carbocycles. The van der Waals surface area contributed by atoms with E-state index in [9.17, 15) is 4.79 Å². The van der Waals surface area contributed by atoms with Crippen molar-refractivity contribution in [2.45, 2.75) is 19.5 Å². The summed E-state index contributed by atoms with van der Waals surface area (Å²) in [5, 5.41) is 3.34. The third kappa shape index (κ3) is 3.26. The monoisotopic (exact) mass is 288 g/mol. The van der Waals surface area contributed by atoms with Gasteiger partial charge in [-0.1, -0.05) is 6.07 Å². The molecule has 0 radical (unpaired) electrons. The molecule has 2 aliphatic heterocycles. The molecule has 1 amide bonds. The van der Waals surface area contributed by atoms with Crippen molar-refractivity contribution >= 4 is 5.91 Å². The van der Waals surface area contributed by atoms with Crippen molar-refractivity contribution in [2.75, 3.05) is 39.3 Å². The molecule has 114 valence electrons. The maximum absolute atomic E-state index is 11.2. The molecule has 1 aromatic carbocycles. The van der Waals surface area contributed by atoms with E-state index < -0.39 is 0 Å². The van der Waals surface area contributed by atoms with Crippen LogP contribution in [0.4, 0.5) is 0 Å². The minimum absolute atomic E-state index is 0.354. The van der Waals surface area contributed by atoms with E-state index in [0.29, 0.717) is 5.56 Å². The van der Waals surface area contributed by atoms with Gasteiger partial charge in [-0.15, -0.1) is 0 Å². The number of benzene rings is 1. The first-order valence-electron chi connectivity index (χ1n) is 7.70. The van der Waals surface area contributed by atoms with Gasteiger partial charge >= 0.3 is 0 Å². The molecule has 1 aromatic rings. The van der Waals surface area contributed by atoms with E-state index >= 15 is 0 Å². The molecule has 21 heavy (non-hydrogen) atoms. The Morgan fingerprint density at radius 1 is 1.29 bits per heavy atom. The van der Waals surface area contributed by atoms with Crippen molar-refractivity contribution in [3.8, 4) is 0 Å². The van der Waals surface area contributed by atoms with E-state index in [1.165, 1.54) is 5.56 Å². The summed E-state index contributed by atoms with van der Waals surface area (Å²) >= 11 is 0. The number of carbonyl (C=O) groups excluding carboxylic acids is 1. The van der Waals surface area contributed by atoms with Gasteiger partial charge in [-0.2, -0.15) is 0 Å². The standard InChI is InChI=1S/C16H24N4O/c1-12-8-13(16(17)21)2-3-14(12)11-19-4-6-20(7-5-19)15-9-18-10-15/h2-3,8,15,18H,4-7,9-11H2,1H3,(H2,17,21). The summed E-state index contributed by atoms with van der Waals surface area (Å²) < 4.78 is 0. The molecule has 3 N–H and O–H groups in total. The van der Waals surface area contributed by atoms with Crippen LogP contribution in [0.5, 0.6) is 0 Å². The molecule has 0 aromatic heterocycles. The second-order valence-electron chi connectivity index (χ2n) is 6.13. The van der Waals surface area contributed by atoms with Crippen LogP contribution in [0.3, 0.4) is 0 Å². The van der Waals surface area contributed by atoms with Gasteiger partial charge in [0.05, 0.1) is 0 Å². The van der Waals surface area contributed by atoms with Crippen molar-refractivity contribution in [1.82, 2.24) is 15.1 Å². The minimum Gasteiger partial charge on any atom is -0.366 e. The van der Waals surface area contributed by atoms with Crippen LogP contribution in [0, 0.1) is 6.92 Å². The Morgan fingerprint density at radius 2 is 2.00 bits per heavy atom. The lowest BCUT2D eigenvalue weighted by molar-refractivity contribution is 0.0695. The van der Waals surface area contributed by atoms with Gasteiger partial charge in [0.25, 0.3) is 0 Å². The highest BCUT2D eigenvalue weighted by molar-refractivity contribution is 5.93. The zero-order valence-corrected chi connectivity index (χ0v) is 12.6. The fourth-order valence-corrected chi connectivity index (χ4v) is 3.09. The van der Waals surface area contributed by atoms with Crippen LogP contribution in [-0.4, -0.2) is 61.0 Å². The molecular weight excluding hydrogens is 264 g/mol.